The minimum Gasteiger partial charge on any atom is -0.478 e. The van der Waals surface area contributed by atoms with Crippen molar-refractivity contribution in [2.45, 2.75) is 18.9 Å². The van der Waals surface area contributed by atoms with Crippen molar-refractivity contribution >= 4 is 21.9 Å². The SMILES string of the molecule is O=C(O)/C=C1\CCC(c2ccc(Br)cc2)OC1. The van der Waals surface area contributed by atoms with Gasteiger partial charge in [-0.15, -0.1) is 0 Å². The molecule has 0 aromatic heterocycles. The Morgan fingerprint density at radius 2 is 2.12 bits per heavy atom. The van der Waals surface area contributed by atoms with Gasteiger partial charge in [0.15, 0.2) is 0 Å². The summed E-state index contributed by atoms with van der Waals surface area (Å²) in [5, 5.41) is 8.64. The van der Waals surface area contributed by atoms with Gasteiger partial charge in [-0.05, 0) is 36.1 Å². The second kappa shape index (κ2) is 5.47. The highest BCUT2D eigenvalue weighted by Gasteiger charge is 2.19. The zero-order chi connectivity index (χ0) is 12.3. The second-order valence-corrected chi connectivity index (χ2v) is 4.95. The molecule has 2 rings (SSSR count). The Kier molecular flexibility index (Phi) is 3.97. The van der Waals surface area contributed by atoms with Gasteiger partial charge in [0.25, 0.3) is 0 Å². The van der Waals surface area contributed by atoms with Crippen LogP contribution < -0.4 is 0 Å². The van der Waals surface area contributed by atoms with E-state index < -0.39 is 5.97 Å². The molecule has 1 aromatic carbocycles. The van der Waals surface area contributed by atoms with Gasteiger partial charge in [-0.1, -0.05) is 28.1 Å². The van der Waals surface area contributed by atoms with Crippen molar-refractivity contribution in [3.63, 3.8) is 0 Å². The van der Waals surface area contributed by atoms with E-state index in [4.69, 9.17) is 9.84 Å². The highest BCUT2D eigenvalue weighted by molar-refractivity contribution is 9.10. The molecule has 1 unspecified atom stereocenters. The fourth-order valence-corrected chi connectivity index (χ4v) is 2.17. The number of carboxylic acids is 1. The van der Waals surface area contributed by atoms with Gasteiger partial charge < -0.3 is 9.84 Å². The Morgan fingerprint density at radius 3 is 2.65 bits per heavy atom. The van der Waals surface area contributed by atoms with E-state index in [1.54, 1.807) is 0 Å². The number of halogens is 1. The number of carbonyl (C=O) groups is 1. The zero-order valence-corrected chi connectivity index (χ0v) is 10.8. The maximum absolute atomic E-state index is 10.5. The number of aliphatic carboxylic acids is 1. The molecule has 0 saturated carbocycles. The summed E-state index contributed by atoms with van der Waals surface area (Å²) in [5.41, 5.74) is 1.99. The smallest absolute Gasteiger partial charge is 0.328 e. The van der Waals surface area contributed by atoms with Crippen LogP contribution in [0.3, 0.4) is 0 Å². The minimum absolute atomic E-state index is 0.0778. The van der Waals surface area contributed by atoms with Crippen molar-refractivity contribution in [3.8, 4) is 0 Å². The molecule has 1 aromatic rings. The molecule has 0 bridgehead atoms. The van der Waals surface area contributed by atoms with Crippen LogP contribution in [0.15, 0.2) is 40.4 Å². The molecular formula is C13H13BrO3. The number of hydrogen-bond donors (Lipinski definition) is 1. The molecule has 1 saturated heterocycles. The third kappa shape index (κ3) is 3.41. The van der Waals surface area contributed by atoms with Gasteiger partial charge in [-0.2, -0.15) is 0 Å². The molecule has 1 heterocycles. The van der Waals surface area contributed by atoms with Gasteiger partial charge in [-0.3, -0.25) is 0 Å². The van der Waals surface area contributed by atoms with Crippen molar-refractivity contribution in [1.82, 2.24) is 0 Å². The molecule has 0 spiro atoms. The van der Waals surface area contributed by atoms with Gasteiger partial charge in [0.1, 0.15) is 0 Å². The summed E-state index contributed by atoms with van der Waals surface area (Å²) >= 11 is 3.39. The monoisotopic (exact) mass is 296 g/mol. The number of ether oxygens (including phenoxy) is 1. The molecule has 0 aliphatic carbocycles. The summed E-state index contributed by atoms with van der Waals surface area (Å²) in [4.78, 5) is 10.5. The van der Waals surface area contributed by atoms with Gasteiger partial charge in [-0.25, -0.2) is 4.79 Å². The normalized spacial score (nSPS) is 22.6. The van der Waals surface area contributed by atoms with E-state index in [-0.39, 0.29) is 6.10 Å². The van der Waals surface area contributed by atoms with Crippen LogP contribution >= 0.6 is 15.9 Å². The lowest BCUT2D eigenvalue weighted by molar-refractivity contribution is -0.131. The van der Waals surface area contributed by atoms with Crippen LogP contribution in [-0.4, -0.2) is 17.7 Å². The van der Waals surface area contributed by atoms with E-state index >= 15 is 0 Å². The van der Waals surface area contributed by atoms with Crippen LogP contribution in [0.1, 0.15) is 24.5 Å². The van der Waals surface area contributed by atoms with E-state index in [0.717, 1.165) is 28.5 Å². The first-order chi connectivity index (χ1) is 8.15. The Morgan fingerprint density at radius 1 is 1.41 bits per heavy atom. The third-order valence-electron chi connectivity index (χ3n) is 2.77. The van der Waals surface area contributed by atoms with Crippen molar-refractivity contribution in [2.24, 2.45) is 0 Å². The number of hydrogen-bond acceptors (Lipinski definition) is 2. The molecule has 1 atom stereocenters. The minimum atomic E-state index is -0.898. The van der Waals surface area contributed by atoms with E-state index in [1.807, 2.05) is 24.3 Å². The summed E-state index contributed by atoms with van der Waals surface area (Å²) in [5.74, 6) is -0.898. The quantitative estimate of drug-likeness (QED) is 0.852. The van der Waals surface area contributed by atoms with Gasteiger partial charge in [0.2, 0.25) is 0 Å². The molecular weight excluding hydrogens is 284 g/mol. The Balaban J connectivity index is 1.99. The fourth-order valence-electron chi connectivity index (χ4n) is 1.91. The molecule has 17 heavy (non-hydrogen) atoms. The summed E-state index contributed by atoms with van der Waals surface area (Å²) in [6.45, 7) is 0.410. The number of rotatable bonds is 2. The molecule has 3 nitrogen and oxygen atoms in total. The molecule has 1 aliphatic rings. The lowest BCUT2D eigenvalue weighted by Crippen LogP contribution is -2.14. The molecule has 0 amide bonds. The molecule has 1 N–H and O–H groups in total. The molecule has 4 heteroatoms. The summed E-state index contributed by atoms with van der Waals surface area (Å²) in [6.07, 6.45) is 2.94. The van der Waals surface area contributed by atoms with Crippen molar-refractivity contribution in [2.75, 3.05) is 6.61 Å². The Hall–Kier alpha value is -1.13. The lowest BCUT2D eigenvalue weighted by Gasteiger charge is -2.24. The van der Waals surface area contributed by atoms with Crippen LogP contribution in [0.2, 0.25) is 0 Å². The van der Waals surface area contributed by atoms with Crippen LogP contribution in [0, 0.1) is 0 Å². The highest BCUT2D eigenvalue weighted by atomic mass is 79.9. The second-order valence-electron chi connectivity index (χ2n) is 4.03. The standard InChI is InChI=1S/C13H13BrO3/c14-11-4-2-10(3-5-11)12-6-1-9(8-17-12)7-13(15)16/h2-5,7,12H,1,6,8H2,(H,15,16)/b9-7+. The van der Waals surface area contributed by atoms with E-state index in [0.29, 0.717) is 6.61 Å². The predicted octanol–water partition coefficient (Wildman–Crippen LogP) is 3.31. The van der Waals surface area contributed by atoms with Gasteiger partial charge in [0.05, 0.1) is 12.7 Å². The third-order valence-corrected chi connectivity index (χ3v) is 3.30. The Bertz CT molecular complexity index is 426. The fraction of sp³-hybridized carbons (Fsp3) is 0.308. The number of benzene rings is 1. The molecule has 90 valence electrons. The van der Waals surface area contributed by atoms with E-state index in [1.165, 1.54) is 6.08 Å². The first-order valence-corrected chi connectivity index (χ1v) is 6.24. The van der Waals surface area contributed by atoms with Crippen LogP contribution in [0.5, 0.6) is 0 Å². The van der Waals surface area contributed by atoms with Crippen molar-refractivity contribution in [3.05, 3.63) is 46.0 Å². The van der Waals surface area contributed by atoms with Crippen LogP contribution in [0.25, 0.3) is 0 Å². The predicted molar refractivity (Wildman–Crippen MR) is 67.8 cm³/mol. The van der Waals surface area contributed by atoms with Crippen molar-refractivity contribution in [1.29, 1.82) is 0 Å². The highest BCUT2D eigenvalue weighted by Crippen LogP contribution is 2.30. The van der Waals surface area contributed by atoms with Gasteiger partial charge >= 0.3 is 5.97 Å². The zero-order valence-electron chi connectivity index (χ0n) is 9.23. The maximum atomic E-state index is 10.5. The van der Waals surface area contributed by atoms with Crippen LogP contribution in [-0.2, 0) is 9.53 Å². The maximum Gasteiger partial charge on any atom is 0.328 e. The molecule has 0 radical (unpaired) electrons. The van der Waals surface area contributed by atoms with Crippen LogP contribution in [0.4, 0.5) is 0 Å². The summed E-state index contributed by atoms with van der Waals surface area (Å²) in [7, 11) is 0. The first kappa shape index (κ1) is 12.3. The van der Waals surface area contributed by atoms with E-state index in [2.05, 4.69) is 15.9 Å². The summed E-state index contributed by atoms with van der Waals surface area (Å²) < 4.78 is 6.72. The van der Waals surface area contributed by atoms with Gasteiger partial charge in [0, 0.05) is 10.5 Å². The topological polar surface area (TPSA) is 46.5 Å². The molecule has 1 aliphatic heterocycles. The average Bonchev–Trinajstić information content (AvgIpc) is 2.30. The average molecular weight is 297 g/mol. The molecule has 1 fully saturated rings. The number of carboxylic acid groups (broad SMARTS) is 1. The first-order valence-electron chi connectivity index (χ1n) is 5.44. The van der Waals surface area contributed by atoms with Crippen molar-refractivity contribution < 1.29 is 14.6 Å². The lowest BCUT2D eigenvalue weighted by atomic mass is 9.98. The summed E-state index contributed by atoms with van der Waals surface area (Å²) in [6, 6.07) is 8.03. The van der Waals surface area contributed by atoms with E-state index in [9.17, 15) is 4.79 Å². The largest absolute Gasteiger partial charge is 0.478 e. The Labute approximate surface area is 108 Å².